The number of nitrogens with zero attached hydrogens (tertiary/aromatic N) is 1. The molecule has 2 amide bonds. The molecule has 0 radical (unpaired) electrons. The molecule has 0 aromatic heterocycles. The highest BCUT2D eigenvalue weighted by Gasteiger charge is 2.66. The van der Waals surface area contributed by atoms with Crippen LogP contribution >= 0.6 is 15.9 Å². The highest BCUT2D eigenvalue weighted by Crippen LogP contribution is 2.52. The molecule has 1 aromatic carbocycles. The first-order valence-electron chi connectivity index (χ1n) is 6.93. The summed E-state index contributed by atoms with van der Waals surface area (Å²) in [6, 6.07) is 5.54. The third kappa shape index (κ3) is 1.59. The average molecular weight is 348 g/mol. The summed E-state index contributed by atoms with van der Waals surface area (Å²) >= 11 is 3.45. The SMILES string of the molecule is Cc1ccc(N2C(=O)[C@H]3[C@@H](C2=O)[C@@]2(C)C=C[C@H]3O2)cc1Br. The Morgan fingerprint density at radius 3 is 2.71 bits per heavy atom. The molecule has 2 bridgehead atoms. The van der Waals surface area contributed by atoms with E-state index in [-0.39, 0.29) is 23.8 Å². The third-order valence-electron chi connectivity index (χ3n) is 4.74. The van der Waals surface area contributed by atoms with Gasteiger partial charge in [0.25, 0.3) is 0 Å². The molecule has 0 aliphatic carbocycles. The maximum atomic E-state index is 12.8. The number of anilines is 1. The van der Waals surface area contributed by atoms with Crippen LogP contribution in [0.5, 0.6) is 0 Å². The van der Waals surface area contributed by atoms with E-state index in [9.17, 15) is 9.59 Å². The van der Waals surface area contributed by atoms with E-state index in [2.05, 4.69) is 15.9 Å². The lowest BCUT2D eigenvalue weighted by molar-refractivity contribution is -0.126. The zero-order chi connectivity index (χ0) is 14.9. The third-order valence-corrected chi connectivity index (χ3v) is 5.60. The second-order valence-corrected chi connectivity index (χ2v) is 6.93. The van der Waals surface area contributed by atoms with Crippen molar-refractivity contribution in [2.45, 2.75) is 25.6 Å². The maximum absolute atomic E-state index is 12.8. The smallest absolute Gasteiger partial charge is 0.241 e. The van der Waals surface area contributed by atoms with Crippen LogP contribution in [-0.2, 0) is 14.3 Å². The fourth-order valence-corrected chi connectivity index (χ4v) is 3.99. The van der Waals surface area contributed by atoms with Crippen LogP contribution in [0.3, 0.4) is 0 Å². The van der Waals surface area contributed by atoms with Gasteiger partial charge >= 0.3 is 0 Å². The summed E-state index contributed by atoms with van der Waals surface area (Å²) in [6.45, 7) is 3.85. The van der Waals surface area contributed by atoms with Crippen LogP contribution in [-0.4, -0.2) is 23.5 Å². The molecule has 0 spiro atoms. The number of benzene rings is 1. The van der Waals surface area contributed by atoms with Crippen LogP contribution in [0.4, 0.5) is 5.69 Å². The van der Waals surface area contributed by atoms with Crippen LogP contribution in [0.15, 0.2) is 34.8 Å². The Morgan fingerprint density at radius 1 is 1.29 bits per heavy atom. The van der Waals surface area contributed by atoms with E-state index in [1.54, 1.807) is 0 Å². The molecule has 21 heavy (non-hydrogen) atoms. The summed E-state index contributed by atoms with van der Waals surface area (Å²) in [6.07, 6.45) is 3.55. The lowest BCUT2D eigenvalue weighted by Crippen LogP contribution is -2.38. The molecule has 4 nitrogen and oxygen atoms in total. The summed E-state index contributed by atoms with van der Waals surface area (Å²) in [5.74, 6) is -1.10. The van der Waals surface area contributed by atoms with Gasteiger partial charge in [-0.1, -0.05) is 34.1 Å². The number of hydrogen-bond acceptors (Lipinski definition) is 3. The number of ether oxygens (including phenoxy) is 1. The minimum Gasteiger partial charge on any atom is -0.362 e. The van der Waals surface area contributed by atoms with E-state index in [1.807, 2.05) is 44.2 Å². The molecular weight excluding hydrogens is 334 g/mol. The lowest BCUT2D eigenvalue weighted by Gasteiger charge is -2.24. The molecule has 0 unspecified atom stereocenters. The number of imide groups is 1. The van der Waals surface area contributed by atoms with Crippen molar-refractivity contribution in [3.05, 3.63) is 40.4 Å². The van der Waals surface area contributed by atoms with E-state index in [1.165, 1.54) is 4.90 Å². The van der Waals surface area contributed by atoms with Gasteiger partial charge in [-0.15, -0.1) is 0 Å². The molecule has 108 valence electrons. The van der Waals surface area contributed by atoms with Crippen LogP contribution < -0.4 is 4.90 Å². The molecule has 1 aromatic rings. The summed E-state index contributed by atoms with van der Waals surface area (Å²) in [5, 5.41) is 0. The molecule has 3 aliphatic rings. The van der Waals surface area contributed by atoms with Crippen molar-refractivity contribution in [3.63, 3.8) is 0 Å². The molecule has 3 aliphatic heterocycles. The van der Waals surface area contributed by atoms with Crippen molar-refractivity contribution in [1.82, 2.24) is 0 Å². The van der Waals surface area contributed by atoms with E-state index in [0.29, 0.717) is 5.69 Å². The molecular formula is C16H14BrNO3. The van der Waals surface area contributed by atoms with Crippen LogP contribution in [0.25, 0.3) is 0 Å². The van der Waals surface area contributed by atoms with Crippen molar-refractivity contribution in [3.8, 4) is 0 Å². The van der Waals surface area contributed by atoms with E-state index in [4.69, 9.17) is 4.74 Å². The molecule has 5 heteroatoms. The molecule has 2 saturated heterocycles. The molecule has 2 fully saturated rings. The van der Waals surface area contributed by atoms with Gasteiger partial charge in [-0.3, -0.25) is 9.59 Å². The van der Waals surface area contributed by atoms with Crippen LogP contribution in [0, 0.1) is 18.8 Å². The number of hydrogen-bond donors (Lipinski definition) is 0. The largest absolute Gasteiger partial charge is 0.362 e. The van der Waals surface area contributed by atoms with Gasteiger partial charge in [-0.05, 0) is 31.5 Å². The Labute approximate surface area is 130 Å². The van der Waals surface area contributed by atoms with Crippen molar-refractivity contribution in [2.24, 2.45) is 11.8 Å². The van der Waals surface area contributed by atoms with Gasteiger partial charge in [0.15, 0.2) is 0 Å². The predicted molar refractivity (Wildman–Crippen MR) is 80.8 cm³/mol. The van der Waals surface area contributed by atoms with Crippen LogP contribution in [0.2, 0.25) is 0 Å². The average Bonchev–Trinajstić information content (AvgIpc) is 3.03. The second-order valence-electron chi connectivity index (χ2n) is 6.07. The van der Waals surface area contributed by atoms with Crippen molar-refractivity contribution < 1.29 is 14.3 Å². The van der Waals surface area contributed by atoms with E-state index in [0.717, 1.165) is 10.0 Å². The standard InChI is InChI=1S/C16H14BrNO3/c1-8-3-4-9(7-10(8)17)18-14(19)12-11-5-6-16(2,21-11)13(12)15(18)20/h3-7,11-13H,1-2H3/t11-,12-,13+,16-/m1/s1. The van der Waals surface area contributed by atoms with Gasteiger partial charge < -0.3 is 4.74 Å². The molecule has 0 saturated carbocycles. The number of fused-ring (bicyclic) bond motifs is 5. The minimum absolute atomic E-state index is 0.154. The molecule has 4 rings (SSSR count). The minimum atomic E-state index is -0.640. The molecule has 0 N–H and O–H groups in total. The number of rotatable bonds is 1. The zero-order valence-corrected chi connectivity index (χ0v) is 13.3. The van der Waals surface area contributed by atoms with Gasteiger partial charge in [0.05, 0.1) is 29.2 Å². The van der Waals surface area contributed by atoms with E-state index < -0.39 is 11.5 Å². The monoisotopic (exact) mass is 347 g/mol. The fraction of sp³-hybridized carbons (Fsp3) is 0.375. The van der Waals surface area contributed by atoms with Crippen molar-refractivity contribution in [1.29, 1.82) is 0 Å². The van der Waals surface area contributed by atoms with Crippen molar-refractivity contribution in [2.75, 3.05) is 4.90 Å². The summed E-state index contributed by atoms with van der Waals surface area (Å²) < 4.78 is 6.70. The Bertz CT molecular complexity index is 713. The quantitative estimate of drug-likeness (QED) is 0.579. The summed E-state index contributed by atoms with van der Waals surface area (Å²) in [7, 11) is 0. The summed E-state index contributed by atoms with van der Waals surface area (Å²) in [5.41, 5.74) is 1.05. The Kier molecular flexibility index (Phi) is 2.55. The molecule has 4 atom stereocenters. The Balaban J connectivity index is 1.78. The number of aryl methyl sites for hydroxylation is 1. The second kappa shape index (κ2) is 4.05. The number of carbonyl (C=O) groups excluding carboxylic acids is 2. The first-order valence-corrected chi connectivity index (χ1v) is 7.73. The number of carbonyl (C=O) groups is 2. The lowest BCUT2D eigenvalue weighted by atomic mass is 9.78. The fourth-order valence-electron chi connectivity index (χ4n) is 3.63. The number of halogens is 1. The van der Waals surface area contributed by atoms with Gasteiger partial charge in [-0.2, -0.15) is 0 Å². The van der Waals surface area contributed by atoms with Gasteiger partial charge in [0.1, 0.15) is 0 Å². The van der Waals surface area contributed by atoms with Crippen molar-refractivity contribution >= 4 is 33.4 Å². The van der Waals surface area contributed by atoms with Gasteiger partial charge in [0, 0.05) is 4.47 Å². The van der Waals surface area contributed by atoms with E-state index >= 15 is 0 Å². The number of amides is 2. The van der Waals surface area contributed by atoms with Gasteiger partial charge in [-0.25, -0.2) is 4.90 Å². The first kappa shape index (κ1) is 13.2. The van der Waals surface area contributed by atoms with Crippen LogP contribution in [0.1, 0.15) is 12.5 Å². The zero-order valence-electron chi connectivity index (χ0n) is 11.7. The Morgan fingerprint density at radius 2 is 2.05 bits per heavy atom. The highest BCUT2D eigenvalue weighted by molar-refractivity contribution is 9.10. The topological polar surface area (TPSA) is 46.6 Å². The summed E-state index contributed by atoms with van der Waals surface area (Å²) in [4.78, 5) is 26.8. The highest BCUT2D eigenvalue weighted by atomic mass is 79.9. The maximum Gasteiger partial charge on any atom is 0.241 e. The first-order chi connectivity index (χ1) is 9.92. The molecule has 3 heterocycles. The normalized spacial score (nSPS) is 36.7. The Hall–Kier alpha value is -1.46. The predicted octanol–water partition coefficient (Wildman–Crippen LogP) is 2.59. The van der Waals surface area contributed by atoms with Gasteiger partial charge in [0.2, 0.25) is 11.8 Å².